The van der Waals surface area contributed by atoms with Crippen LogP contribution in [-0.4, -0.2) is 51.4 Å². The van der Waals surface area contributed by atoms with Crippen LogP contribution in [0.1, 0.15) is 0 Å². The van der Waals surface area contributed by atoms with Crippen molar-refractivity contribution in [2.45, 2.75) is 6.10 Å². The summed E-state index contributed by atoms with van der Waals surface area (Å²) in [5, 5.41) is 14.2. The lowest BCUT2D eigenvalue weighted by Crippen LogP contribution is -2.46. The minimum atomic E-state index is -0.364. The number of nitrogens with one attached hydrogen (secondary N) is 1. The summed E-state index contributed by atoms with van der Waals surface area (Å²) in [5.74, 6) is 0.613. The zero-order valence-corrected chi connectivity index (χ0v) is 11.7. The lowest BCUT2D eigenvalue weighted by molar-refractivity contribution is -0.384. The topological polar surface area (TPSA) is 76.9 Å². The predicted octanol–water partition coefficient (Wildman–Crippen LogP) is 1.03. The largest absolute Gasteiger partial charge is 0.497 e. The standard InChI is InChI=1S/C13H19N3O4/c1-14-8-11-9-15(5-6-20-11)13-7-10(19-2)3-4-12(13)16(17)18/h3-4,7,11,14H,5-6,8-9H2,1-2H3. The zero-order valence-electron chi connectivity index (χ0n) is 11.7. The molecule has 1 aromatic rings. The quantitative estimate of drug-likeness (QED) is 0.641. The van der Waals surface area contributed by atoms with E-state index in [0.717, 1.165) is 0 Å². The van der Waals surface area contributed by atoms with Gasteiger partial charge in [-0.1, -0.05) is 0 Å². The number of morpholine rings is 1. The average Bonchev–Trinajstić information content (AvgIpc) is 2.47. The summed E-state index contributed by atoms with van der Waals surface area (Å²) in [4.78, 5) is 12.8. The molecule has 0 saturated carbocycles. The van der Waals surface area contributed by atoms with Crippen molar-refractivity contribution < 1.29 is 14.4 Å². The Morgan fingerprint density at radius 2 is 2.40 bits per heavy atom. The summed E-state index contributed by atoms with van der Waals surface area (Å²) in [6.07, 6.45) is 0.0274. The van der Waals surface area contributed by atoms with Crippen LogP contribution in [0, 0.1) is 10.1 Å². The van der Waals surface area contributed by atoms with Gasteiger partial charge in [0.15, 0.2) is 0 Å². The molecule has 1 aliphatic rings. The van der Waals surface area contributed by atoms with Crippen LogP contribution in [0.15, 0.2) is 18.2 Å². The van der Waals surface area contributed by atoms with Gasteiger partial charge in [-0.05, 0) is 13.1 Å². The summed E-state index contributed by atoms with van der Waals surface area (Å²) >= 11 is 0. The van der Waals surface area contributed by atoms with Crippen molar-refractivity contribution in [1.29, 1.82) is 0 Å². The second-order valence-corrected chi connectivity index (χ2v) is 4.61. The van der Waals surface area contributed by atoms with Crippen molar-refractivity contribution in [3.63, 3.8) is 0 Å². The Kier molecular flexibility index (Phi) is 4.75. The highest BCUT2D eigenvalue weighted by Crippen LogP contribution is 2.33. The Morgan fingerprint density at radius 1 is 1.60 bits per heavy atom. The van der Waals surface area contributed by atoms with Gasteiger partial charge >= 0.3 is 0 Å². The minimum absolute atomic E-state index is 0.0274. The molecule has 1 heterocycles. The molecule has 20 heavy (non-hydrogen) atoms. The number of benzene rings is 1. The summed E-state index contributed by atoms with van der Waals surface area (Å²) < 4.78 is 10.8. The fourth-order valence-corrected chi connectivity index (χ4v) is 2.33. The Morgan fingerprint density at radius 3 is 3.05 bits per heavy atom. The minimum Gasteiger partial charge on any atom is -0.497 e. The number of hydrogen-bond donors (Lipinski definition) is 1. The second kappa shape index (κ2) is 6.53. The molecule has 0 aromatic heterocycles. The molecule has 1 unspecified atom stereocenters. The first-order valence-corrected chi connectivity index (χ1v) is 6.49. The van der Waals surface area contributed by atoms with Crippen LogP contribution in [0.4, 0.5) is 11.4 Å². The second-order valence-electron chi connectivity index (χ2n) is 4.61. The Hall–Kier alpha value is -1.86. The highest BCUT2D eigenvalue weighted by atomic mass is 16.6. The van der Waals surface area contributed by atoms with Gasteiger partial charge in [0, 0.05) is 31.8 Å². The van der Waals surface area contributed by atoms with Crippen LogP contribution in [-0.2, 0) is 4.74 Å². The number of ether oxygens (including phenoxy) is 2. The van der Waals surface area contributed by atoms with Gasteiger partial charge in [0.2, 0.25) is 0 Å². The molecular formula is C13H19N3O4. The Labute approximate surface area is 117 Å². The lowest BCUT2D eigenvalue weighted by Gasteiger charge is -2.34. The van der Waals surface area contributed by atoms with E-state index in [1.165, 1.54) is 6.07 Å². The van der Waals surface area contributed by atoms with Crippen molar-refractivity contribution in [2.75, 3.05) is 45.3 Å². The van der Waals surface area contributed by atoms with Gasteiger partial charge in [-0.25, -0.2) is 0 Å². The summed E-state index contributed by atoms with van der Waals surface area (Å²) in [5.41, 5.74) is 0.676. The lowest BCUT2D eigenvalue weighted by atomic mass is 10.2. The molecule has 1 N–H and O–H groups in total. The molecule has 2 rings (SSSR count). The van der Waals surface area contributed by atoms with E-state index in [9.17, 15) is 10.1 Å². The van der Waals surface area contributed by atoms with Gasteiger partial charge in [-0.15, -0.1) is 0 Å². The number of anilines is 1. The van der Waals surface area contributed by atoms with Gasteiger partial charge in [0.25, 0.3) is 5.69 Å². The number of nitrogens with zero attached hydrogens (tertiary/aromatic N) is 2. The van der Waals surface area contributed by atoms with E-state index in [-0.39, 0.29) is 16.7 Å². The number of hydrogen-bond acceptors (Lipinski definition) is 6. The smallest absolute Gasteiger partial charge is 0.292 e. The maximum Gasteiger partial charge on any atom is 0.292 e. The number of rotatable bonds is 5. The van der Waals surface area contributed by atoms with Crippen molar-refractivity contribution in [3.8, 4) is 5.75 Å². The van der Waals surface area contributed by atoms with Crippen LogP contribution >= 0.6 is 0 Å². The number of methoxy groups -OCH3 is 1. The van der Waals surface area contributed by atoms with E-state index in [2.05, 4.69) is 5.32 Å². The molecule has 1 aliphatic heterocycles. The van der Waals surface area contributed by atoms with Crippen LogP contribution in [0.5, 0.6) is 5.75 Å². The van der Waals surface area contributed by atoms with Gasteiger partial charge in [0.1, 0.15) is 11.4 Å². The normalized spacial score (nSPS) is 18.9. The number of nitro benzene ring substituents is 1. The molecule has 1 saturated heterocycles. The highest BCUT2D eigenvalue weighted by molar-refractivity contribution is 5.66. The molecule has 1 aromatic carbocycles. The van der Waals surface area contributed by atoms with E-state index >= 15 is 0 Å². The van der Waals surface area contributed by atoms with E-state index in [4.69, 9.17) is 9.47 Å². The maximum atomic E-state index is 11.2. The molecule has 110 valence electrons. The number of likely N-dealkylation sites (N-methyl/N-ethyl adjacent to an activating group) is 1. The molecule has 0 spiro atoms. The zero-order chi connectivity index (χ0) is 14.5. The molecule has 7 heteroatoms. The first kappa shape index (κ1) is 14.5. The van der Waals surface area contributed by atoms with Gasteiger partial charge in [0.05, 0.1) is 24.7 Å². The van der Waals surface area contributed by atoms with Gasteiger partial charge < -0.3 is 19.7 Å². The van der Waals surface area contributed by atoms with E-state index in [1.807, 2.05) is 11.9 Å². The van der Waals surface area contributed by atoms with Crippen molar-refractivity contribution in [2.24, 2.45) is 0 Å². The molecule has 0 aliphatic carbocycles. The first-order chi connectivity index (χ1) is 9.65. The predicted molar refractivity (Wildman–Crippen MR) is 75.5 cm³/mol. The summed E-state index contributed by atoms with van der Waals surface area (Å²) in [7, 11) is 3.41. The van der Waals surface area contributed by atoms with Crippen molar-refractivity contribution in [1.82, 2.24) is 5.32 Å². The van der Waals surface area contributed by atoms with Crippen LogP contribution in [0.2, 0.25) is 0 Å². The fraction of sp³-hybridized carbons (Fsp3) is 0.538. The molecule has 1 fully saturated rings. The van der Waals surface area contributed by atoms with Gasteiger partial charge in [-0.2, -0.15) is 0 Å². The maximum absolute atomic E-state index is 11.2. The molecule has 0 radical (unpaired) electrons. The SMILES string of the molecule is CNCC1CN(c2cc(OC)ccc2[N+](=O)[O-])CCO1. The number of nitro groups is 1. The molecule has 1 atom stereocenters. The van der Waals surface area contributed by atoms with Crippen molar-refractivity contribution in [3.05, 3.63) is 28.3 Å². The molecule has 0 bridgehead atoms. The van der Waals surface area contributed by atoms with Crippen molar-refractivity contribution >= 4 is 11.4 Å². The molecular weight excluding hydrogens is 262 g/mol. The third-order valence-electron chi connectivity index (χ3n) is 3.29. The van der Waals surface area contributed by atoms with E-state index < -0.39 is 0 Å². The van der Waals surface area contributed by atoms with E-state index in [1.54, 1.807) is 19.2 Å². The third-order valence-corrected chi connectivity index (χ3v) is 3.29. The highest BCUT2D eigenvalue weighted by Gasteiger charge is 2.26. The van der Waals surface area contributed by atoms with Crippen LogP contribution in [0.3, 0.4) is 0 Å². The third kappa shape index (κ3) is 3.17. The summed E-state index contributed by atoms with van der Waals surface area (Å²) in [6.45, 7) is 2.53. The van der Waals surface area contributed by atoms with Crippen LogP contribution in [0.25, 0.3) is 0 Å². The Balaban J connectivity index is 2.27. The monoisotopic (exact) mass is 281 g/mol. The summed E-state index contributed by atoms with van der Waals surface area (Å²) in [6, 6.07) is 4.80. The van der Waals surface area contributed by atoms with E-state index in [0.29, 0.717) is 37.7 Å². The average molecular weight is 281 g/mol. The van der Waals surface area contributed by atoms with Gasteiger partial charge in [-0.3, -0.25) is 10.1 Å². The Bertz CT molecular complexity index is 479. The van der Waals surface area contributed by atoms with Crippen LogP contribution < -0.4 is 15.0 Å². The fourth-order valence-electron chi connectivity index (χ4n) is 2.33. The first-order valence-electron chi connectivity index (χ1n) is 6.49. The molecule has 0 amide bonds. The molecule has 7 nitrogen and oxygen atoms in total.